The number of hydrogen-bond donors (Lipinski definition) is 2. The normalized spacial score (nSPS) is 17.2. The van der Waals surface area contributed by atoms with Crippen molar-refractivity contribution >= 4 is 40.0 Å². The highest BCUT2D eigenvalue weighted by atomic mass is 127. The van der Waals surface area contributed by atoms with E-state index in [9.17, 15) is 8.42 Å². The first-order valence-electron chi connectivity index (χ1n) is 11.0. The van der Waals surface area contributed by atoms with Gasteiger partial charge in [0.2, 0.25) is 10.0 Å². The van der Waals surface area contributed by atoms with Crippen molar-refractivity contribution in [2.75, 3.05) is 40.8 Å². The van der Waals surface area contributed by atoms with E-state index in [0.29, 0.717) is 29.4 Å². The molecule has 1 aliphatic rings. The molecule has 1 saturated heterocycles. The number of sulfonamides is 1. The molecule has 7 nitrogen and oxygen atoms in total. The van der Waals surface area contributed by atoms with Crippen LogP contribution >= 0.6 is 24.0 Å². The first kappa shape index (κ1) is 28.1. The minimum atomic E-state index is -3.49. The number of guanidine groups is 1. The standard InChI is InChI=1S/C22H39N5O2S.HI/c1-18(2)20(27-14-10-6-7-11-15-27)17-25-22(23-3)24-16-19-12-8-9-13-21(19)30(28,29)26(4)5;/h8-9,12-13,18,20H,6-7,10-11,14-17H2,1-5H3,(H2,23,24,25);1H. The third kappa shape index (κ3) is 8.18. The molecule has 1 fully saturated rings. The van der Waals surface area contributed by atoms with Crippen LogP contribution < -0.4 is 10.6 Å². The van der Waals surface area contributed by atoms with Gasteiger partial charge in [-0.2, -0.15) is 0 Å². The van der Waals surface area contributed by atoms with Gasteiger partial charge < -0.3 is 10.6 Å². The van der Waals surface area contributed by atoms with Gasteiger partial charge in [0.15, 0.2) is 5.96 Å². The van der Waals surface area contributed by atoms with Crippen LogP contribution in [-0.2, 0) is 16.6 Å². The number of benzene rings is 1. The van der Waals surface area contributed by atoms with Crippen LogP contribution in [0.5, 0.6) is 0 Å². The third-order valence-electron chi connectivity index (χ3n) is 5.76. The van der Waals surface area contributed by atoms with Gasteiger partial charge in [0.05, 0.1) is 4.90 Å². The zero-order valence-corrected chi connectivity index (χ0v) is 22.7. The van der Waals surface area contributed by atoms with E-state index in [1.54, 1.807) is 33.3 Å². The molecule has 31 heavy (non-hydrogen) atoms. The molecule has 1 unspecified atom stereocenters. The fourth-order valence-corrected chi connectivity index (χ4v) is 5.03. The third-order valence-corrected chi connectivity index (χ3v) is 7.67. The van der Waals surface area contributed by atoms with E-state index in [0.717, 1.165) is 25.2 Å². The molecule has 0 amide bonds. The van der Waals surface area contributed by atoms with Crippen molar-refractivity contribution in [1.29, 1.82) is 0 Å². The van der Waals surface area contributed by atoms with E-state index in [2.05, 4.69) is 34.4 Å². The number of nitrogens with zero attached hydrogens (tertiary/aromatic N) is 3. The summed E-state index contributed by atoms with van der Waals surface area (Å²) in [6.07, 6.45) is 5.20. The molecule has 0 aliphatic carbocycles. The zero-order chi connectivity index (χ0) is 22.1. The quantitative estimate of drug-likeness (QED) is 0.288. The molecule has 0 aromatic heterocycles. The Labute approximate surface area is 206 Å². The molecule has 1 aromatic rings. The van der Waals surface area contributed by atoms with Crippen LogP contribution in [0.3, 0.4) is 0 Å². The van der Waals surface area contributed by atoms with Crippen molar-refractivity contribution in [3.8, 4) is 0 Å². The van der Waals surface area contributed by atoms with Crippen molar-refractivity contribution in [3.63, 3.8) is 0 Å². The summed E-state index contributed by atoms with van der Waals surface area (Å²) < 4.78 is 26.5. The van der Waals surface area contributed by atoms with E-state index < -0.39 is 10.0 Å². The maximum atomic E-state index is 12.6. The lowest BCUT2D eigenvalue weighted by molar-refractivity contribution is 0.161. The fraction of sp³-hybridized carbons (Fsp3) is 0.682. The van der Waals surface area contributed by atoms with Crippen LogP contribution in [0, 0.1) is 5.92 Å². The SMILES string of the molecule is CN=C(NCc1ccccc1S(=O)(=O)N(C)C)NCC(C(C)C)N1CCCCCC1.I. The number of aliphatic imine (C=N–C) groups is 1. The van der Waals surface area contributed by atoms with Gasteiger partial charge in [-0.05, 0) is 43.5 Å². The Bertz CT molecular complexity index is 791. The molecule has 2 rings (SSSR count). The number of hydrogen-bond acceptors (Lipinski definition) is 4. The molecular formula is C22H40IN5O2S. The number of rotatable bonds is 8. The molecule has 9 heteroatoms. The van der Waals surface area contributed by atoms with Gasteiger partial charge in [0, 0.05) is 40.3 Å². The molecule has 1 aliphatic heterocycles. The van der Waals surface area contributed by atoms with Crippen molar-refractivity contribution < 1.29 is 8.42 Å². The molecule has 0 saturated carbocycles. The minimum Gasteiger partial charge on any atom is -0.355 e. The lowest BCUT2D eigenvalue weighted by Crippen LogP contribution is -2.49. The molecule has 1 aromatic carbocycles. The highest BCUT2D eigenvalue weighted by molar-refractivity contribution is 14.0. The summed E-state index contributed by atoms with van der Waals surface area (Å²) in [5.41, 5.74) is 0.724. The van der Waals surface area contributed by atoms with Crippen LogP contribution in [0.1, 0.15) is 45.1 Å². The second-order valence-electron chi connectivity index (χ2n) is 8.46. The summed E-state index contributed by atoms with van der Waals surface area (Å²) in [5.74, 6) is 1.23. The maximum absolute atomic E-state index is 12.6. The predicted molar refractivity (Wildman–Crippen MR) is 140 cm³/mol. The Morgan fingerprint density at radius 2 is 1.71 bits per heavy atom. The summed E-state index contributed by atoms with van der Waals surface area (Å²) >= 11 is 0. The van der Waals surface area contributed by atoms with Crippen LogP contribution in [0.15, 0.2) is 34.2 Å². The summed E-state index contributed by atoms with van der Waals surface area (Å²) in [5, 5.41) is 6.74. The Morgan fingerprint density at radius 1 is 1.10 bits per heavy atom. The molecule has 1 heterocycles. The zero-order valence-electron chi connectivity index (χ0n) is 19.6. The second kappa shape index (κ2) is 13.6. The predicted octanol–water partition coefficient (Wildman–Crippen LogP) is 3.12. The lowest BCUT2D eigenvalue weighted by atomic mass is 10.0. The smallest absolute Gasteiger partial charge is 0.242 e. The summed E-state index contributed by atoms with van der Waals surface area (Å²) in [6, 6.07) is 7.54. The average molecular weight is 566 g/mol. The van der Waals surface area contributed by atoms with Crippen LogP contribution in [0.25, 0.3) is 0 Å². The molecule has 0 spiro atoms. The second-order valence-corrected chi connectivity index (χ2v) is 10.6. The molecular weight excluding hydrogens is 525 g/mol. The Morgan fingerprint density at radius 3 is 2.26 bits per heavy atom. The highest BCUT2D eigenvalue weighted by Crippen LogP contribution is 2.19. The Balaban J connectivity index is 0.00000480. The van der Waals surface area contributed by atoms with Gasteiger partial charge in [0.1, 0.15) is 0 Å². The number of halogens is 1. The van der Waals surface area contributed by atoms with Crippen molar-refractivity contribution in [2.24, 2.45) is 10.9 Å². The van der Waals surface area contributed by atoms with Gasteiger partial charge in [0.25, 0.3) is 0 Å². The van der Waals surface area contributed by atoms with E-state index in [-0.39, 0.29) is 24.0 Å². The summed E-state index contributed by atoms with van der Waals surface area (Å²) in [6.45, 7) is 8.07. The van der Waals surface area contributed by atoms with Gasteiger partial charge in [-0.15, -0.1) is 24.0 Å². The fourth-order valence-electron chi connectivity index (χ4n) is 3.91. The first-order chi connectivity index (χ1) is 14.3. The van der Waals surface area contributed by atoms with E-state index in [1.807, 2.05) is 12.1 Å². The first-order valence-corrected chi connectivity index (χ1v) is 12.4. The van der Waals surface area contributed by atoms with Gasteiger partial charge >= 0.3 is 0 Å². The van der Waals surface area contributed by atoms with Gasteiger partial charge in [-0.3, -0.25) is 9.89 Å². The highest BCUT2D eigenvalue weighted by Gasteiger charge is 2.23. The van der Waals surface area contributed by atoms with E-state index in [4.69, 9.17) is 0 Å². The maximum Gasteiger partial charge on any atom is 0.242 e. The Kier molecular flexibility index (Phi) is 12.3. The lowest BCUT2D eigenvalue weighted by Gasteiger charge is -2.34. The summed E-state index contributed by atoms with van der Waals surface area (Å²) in [4.78, 5) is 7.27. The molecule has 178 valence electrons. The van der Waals surface area contributed by atoms with Crippen molar-refractivity contribution in [1.82, 2.24) is 19.8 Å². The molecule has 0 bridgehead atoms. The van der Waals surface area contributed by atoms with Crippen molar-refractivity contribution in [2.45, 2.75) is 57.0 Å². The number of nitrogens with one attached hydrogen (secondary N) is 2. The molecule has 1 atom stereocenters. The average Bonchev–Trinajstić information content (AvgIpc) is 2.99. The largest absolute Gasteiger partial charge is 0.355 e. The van der Waals surface area contributed by atoms with E-state index >= 15 is 0 Å². The Hall–Kier alpha value is -0.910. The molecule has 0 radical (unpaired) electrons. The van der Waals surface area contributed by atoms with Crippen LogP contribution in [0.2, 0.25) is 0 Å². The van der Waals surface area contributed by atoms with Crippen LogP contribution in [0.4, 0.5) is 0 Å². The minimum absolute atomic E-state index is 0. The summed E-state index contributed by atoms with van der Waals surface area (Å²) in [7, 11) is 1.35. The van der Waals surface area contributed by atoms with E-state index in [1.165, 1.54) is 30.0 Å². The topological polar surface area (TPSA) is 77.0 Å². The number of likely N-dealkylation sites (tertiary alicyclic amines) is 1. The van der Waals surface area contributed by atoms with Gasteiger partial charge in [-0.25, -0.2) is 12.7 Å². The molecule has 2 N–H and O–H groups in total. The monoisotopic (exact) mass is 565 g/mol. The van der Waals surface area contributed by atoms with Crippen LogP contribution in [-0.4, -0.2) is 70.4 Å². The van der Waals surface area contributed by atoms with Crippen molar-refractivity contribution in [3.05, 3.63) is 29.8 Å². The van der Waals surface area contributed by atoms with Gasteiger partial charge in [-0.1, -0.05) is 44.9 Å².